The van der Waals surface area contributed by atoms with Gasteiger partial charge in [-0.3, -0.25) is 0 Å². The number of thiazole rings is 1. The van der Waals surface area contributed by atoms with Crippen LogP contribution in [0.3, 0.4) is 0 Å². The zero-order chi connectivity index (χ0) is 14.6. The fraction of sp³-hybridized carbons (Fsp3) is 0.750. The van der Waals surface area contributed by atoms with Gasteiger partial charge in [-0.1, -0.05) is 25.2 Å². The predicted octanol–water partition coefficient (Wildman–Crippen LogP) is 3.51. The van der Waals surface area contributed by atoms with Crippen LogP contribution in [0.1, 0.15) is 38.3 Å². The number of rotatable bonds is 6. The van der Waals surface area contributed by atoms with Gasteiger partial charge in [0, 0.05) is 25.7 Å². The van der Waals surface area contributed by atoms with E-state index in [0.29, 0.717) is 18.2 Å². The Morgan fingerprint density at radius 1 is 1.26 bits per heavy atom. The van der Waals surface area contributed by atoms with E-state index in [-0.39, 0.29) is 17.5 Å². The molecular weight excluding hydrogens is 275 g/mol. The Bertz CT molecular complexity index is 397. The summed E-state index contributed by atoms with van der Waals surface area (Å²) in [7, 11) is 0. The molecule has 110 valence electrons. The number of nitrogens with one attached hydrogen (secondary N) is 1. The van der Waals surface area contributed by atoms with Crippen molar-refractivity contribution in [3.63, 3.8) is 0 Å². The third-order valence-electron chi connectivity index (χ3n) is 2.66. The molecule has 3 nitrogen and oxygen atoms in total. The highest BCUT2D eigenvalue weighted by molar-refractivity contribution is 7.15. The molecule has 0 atom stereocenters. The molecule has 0 aliphatic rings. The molecule has 1 aromatic heterocycles. The highest BCUT2D eigenvalue weighted by Crippen LogP contribution is 2.37. The van der Waals surface area contributed by atoms with Gasteiger partial charge in [-0.25, -0.2) is 4.98 Å². The zero-order valence-electron chi connectivity index (χ0n) is 11.6. The summed E-state index contributed by atoms with van der Waals surface area (Å²) in [5.74, 6) is 0. The molecule has 1 aromatic rings. The van der Waals surface area contributed by atoms with Crippen molar-refractivity contribution in [2.45, 2.75) is 46.5 Å². The van der Waals surface area contributed by atoms with Crippen LogP contribution in [0.5, 0.6) is 0 Å². The lowest BCUT2D eigenvalue weighted by atomic mass is 10.3. The molecule has 0 spiro atoms. The smallest absolute Gasteiger partial charge is 0.349 e. The van der Waals surface area contributed by atoms with E-state index in [1.165, 1.54) is 0 Å². The van der Waals surface area contributed by atoms with Crippen molar-refractivity contribution in [1.29, 1.82) is 0 Å². The second kappa shape index (κ2) is 6.56. The second-order valence-corrected chi connectivity index (χ2v) is 5.54. The van der Waals surface area contributed by atoms with Crippen molar-refractivity contribution in [1.82, 2.24) is 10.3 Å². The van der Waals surface area contributed by atoms with Gasteiger partial charge in [0.25, 0.3) is 0 Å². The van der Waals surface area contributed by atoms with Gasteiger partial charge in [-0.15, -0.1) is 0 Å². The Morgan fingerprint density at radius 3 is 2.26 bits per heavy atom. The lowest BCUT2D eigenvalue weighted by Crippen LogP contribution is -2.23. The van der Waals surface area contributed by atoms with Crippen molar-refractivity contribution < 1.29 is 13.2 Å². The average molecular weight is 295 g/mol. The quantitative estimate of drug-likeness (QED) is 0.870. The van der Waals surface area contributed by atoms with E-state index < -0.39 is 11.9 Å². The standard InChI is InChI=1S/C12H20F3N3S/c1-5-18(6-2)11-17-10(12(13,14)15)9(19-11)7-16-8(3)4/h8,16H,5-7H2,1-4H3. The van der Waals surface area contributed by atoms with E-state index in [0.717, 1.165) is 11.3 Å². The molecule has 0 bridgehead atoms. The SMILES string of the molecule is CCN(CC)c1nc(C(F)(F)F)c(CNC(C)C)s1. The second-order valence-electron chi connectivity index (χ2n) is 4.47. The van der Waals surface area contributed by atoms with Gasteiger partial charge in [0.15, 0.2) is 10.8 Å². The van der Waals surface area contributed by atoms with Gasteiger partial charge in [0.05, 0.1) is 4.88 Å². The summed E-state index contributed by atoms with van der Waals surface area (Å²) in [5.41, 5.74) is -0.757. The first-order valence-electron chi connectivity index (χ1n) is 6.34. The first-order valence-corrected chi connectivity index (χ1v) is 7.16. The lowest BCUT2D eigenvalue weighted by molar-refractivity contribution is -0.141. The number of anilines is 1. The Hall–Kier alpha value is -0.820. The molecule has 0 aliphatic heterocycles. The van der Waals surface area contributed by atoms with Crippen molar-refractivity contribution in [2.24, 2.45) is 0 Å². The predicted molar refractivity (Wildman–Crippen MR) is 72.7 cm³/mol. The summed E-state index contributed by atoms with van der Waals surface area (Å²) < 4.78 is 38.9. The largest absolute Gasteiger partial charge is 0.434 e. The van der Waals surface area contributed by atoms with Gasteiger partial charge >= 0.3 is 6.18 Å². The Kier molecular flexibility index (Phi) is 5.61. The van der Waals surface area contributed by atoms with Crippen LogP contribution in [-0.4, -0.2) is 24.1 Å². The van der Waals surface area contributed by atoms with Crippen LogP contribution in [-0.2, 0) is 12.7 Å². The van der Waals surface area contributed by atoms with Crippen LogP contribution in [0.25, 0.3) is 0 Å². The summed E-state index contributed by atoms with van der Waals surface area (Å²) in [6.45, 7) is 9.12. The average Bonchev–Trinajstić information content (AvgIpc) is 2.72. The van der Waals surface area contributed by atoms with Gasteiger partial charge in [0.2, 0.25) is 0 Å². The topological polar surface area (TPSA) is 28.2 Å². The number of hydrogen-bond acceptors (Lipinski definition) is 4. The van der Waals surface area contributed by atoms with Gasteiger partial charge in [0.1, 0.15) is 0 Å². The Labute approximate surface area is 115 Å². The molecule has 0 aromatic carbocycles. The Balaban J connectivity index is 3.05. The molecule has 0 unspecified atom stereocenters. The molecule has 1 heterocycles. The maximum absolute atomic E-state index is 13.0. The number of aromatic nitrogens is 1. The van der Waals surface area contributed by atoms with Crippen molar-refractivity contribution in [2.75, 3.05) is 18.0 Å². The van der Waals surface area contributed by atoms with E-state index in [9.17, 15) is 13.2 Å². The molecule has 1 N–H and O–H groups in total. The molecule has 0 aliphatic carbocycles. The van der Waals surface area contributed by atoms with E-state index in [2.05, 4.69) is 10.3 Å². The van der Waals surface area contributed by atoms with E-state index >= 15 is 0 Å². The first-order chi connectivity index (χ1) is 8.79. The monoisotopic (exact) mass is 295 g/mol. The van der Waals surface area contributed by atoms with Gasteiger partial charge < -0.3 is 10.2 Å². The highest BCUT2D eigenvalue weighted by Gasteiger charge is 2.37. The first kappa shape index (κ1) is 16.2. The third kappa shape index (κ3) is 4.35. The molecule has 0 radical (unpaired) electrons. The molecule has 0 fully saturated rings. The summed E-state index contributed by atoms with van der Waals surface area (Å²) in [6, 6.07) is 0.139. The van der Waals surface area contributed by atoms with E-state index in [1.54, 1.807) is 0 Å². The molecular formula is C12H20F3N3S. The van der Waals surface area contributed by atoms with Crippen molar-refractivity contribution in [3.05, 3.63) is 10.6 Å². The normalized spacial score (nSPS) is 12.2. The minimum atomic E-state index is -4.39. The number of nitrogens with zero attached hydrogens (tertiary/aromatic N) is 2. The molecule has 19 heavy (non-hydrogen) atoms. The van der Waals surface area contributed by atoms with Gasteiger partial charge in [-0.05, 0) is 13.8 Å². The van der Waals surface area contributed by atoms with Crippen LogP contribution >= 0.6 is 11.3 Å². The molecule has 0 amide bonds. The zero-order valence-corrected chi connectivity index (χ0v) is 12.5. The fourth-order valence-electron chi connectivity index (χ4n) is 1.61. The Morgan fingerprint density at radius 2 is 1.84 bits per heavy atom. The van der Waals surface area contributed by atoms with Crippen LogP contribution in [0, 0.1) is 0 Å². The molecule has 0 saturated carbocycles. The third-order valence-corrected chi connectivity index (χ3v) is 3.78. The highest BCUT2D eigenvalue weighted by atomic mass is 32.1. The summed E-state index contributed by atoms with van der Waals surface area (Å²) >= 11 is 1.12. The minimum Gasteiger partial charge on any atom is -0.349 e. The number of alkyl halides is 3. The lowest BCUT2D eigenvalue weighted by Gasteiger charge is -2.16. The van der Waals surface area contributed by atoms with E-state index in [4.69, 9.17) is 0 Å². The summed E-state index contributed by atoms with van der Waals surface area (Å²) in [4.78, 5) is 5.87. The number of halogens is 3. The summed E-state index contributed by atoms with van der Waals surface area (Å²) in [6.07, 6.45) is -4.39. The molecule has 0 saturated heterocycles. The van der Waals surface area contributed by atoms with Crippen LogP contribution in [0.4, 0.5) is 18.3 Å². The maximum atomic E-state index is 13.0. The van der Waals surface area contributed by atoms with Crippen LogP contribution in [0.15, 0.2) is 0 Å². The number of hydrogen-bond donors (Lipinski definition) is 1. The fourth-order valence-corrected chi connectivity index (χ4v) is 2.76. The van der Waals surface area contributed by atoms with E-state index in [1.807, 2.05) is 32.6 Å². The van der Waals surface area contributed by atoms with Crippen LogP contribution in [0.2, 0.25) is 0 Å². The molecule has 1 rings (SSSR count). The maximum Gasteiger partial charge on any atom is 0.434 e. The van der Waals surface area contributed by atoms with Gasteiger partial charge in [-0.2, -0.15) is 13.2 Å². The van der Waals surface area contributed by atoms with Crippen molar-refractivity contribution in [3.8, 4) is 0 Å². The minimum absolute atomic E-state index is 0.139. The summed E-state index contributed by atoms with van der Waals surface area (Å²) in [5, 5.41) is 3.46. The van der Waals surface area contributed by atoms with Crippen molar-refractivity contribution >= 4 is 16.5 Å². The molecule has 7 heteroatoms. The van der Waals surface area contributed by atoms with Crippen LogP contribution < -0.4 is 10.2 Å².